The van der Waals surface area contributed by atoms with Gasteiger partial charge in [0.05, 0.1) is 26.1 Å². The molecule has 0 amide bonds. The maximum absolute atomic E-state index is 11.8. The van der Waals surface area contributed by atoms with Crippen LogP contribution < -0.4 is 0 Å². The zero-order chi connectivity index (χ0) is 23.3. The monoisotopic (exact) mass is 442 g/mol. The topological polar surface area (TPSA) is 105 Å². The molecule has 0 bridgehead atoms. The summed E-state index contributed by atoms with van der Waals surface area (Å²) in [5.74, 6) is -2.33. The predicted octanol–water partition coefficient (Wildman–Crippen LogP) is 4.05. The Morgan fingerprint density at radius 3 is 1.58 bits per heavy atom. The Morgan fingerprint density at radius 2 is 1.10 bits per heavy atom. The van der Waals surface area contributed by atoms with Crippen molar-refractivity contribution in [3.05, 3.63) is 11.6 Å². The van der Waals surface area contributed by atoms with E-state index in [1.54, 1.807) is 0 Å². The first-order valence-corrected chi connectivity index (χ1v) is 11.2. The Kier molecular flexibility index (Phi) is 18.1. The van der Waals surface area contributed by atoms with Crippen LogP contribution in [0, 0.1) is 0 Å². The highest BCUT2D eigenvalue weighted by molar-refractivity contribution is 5.95. The van der Waals surface area contributed by atoms with Crippen LogP contribution in [0.4, 0.5) is 0 Å². The summed E-state index contributed by atoms with van der Waals surface area (Å²) in [6, 6.07) is 0. The van der Waals surface area contributed by atoms with Crippen molar-refractivity contribution in [1.82, 2.24) is 0 Å². The van der Waals surface area contributed by atoms with E-state index in [-0.39, 0.29) is 31.6 Å². The van der Waals surface area contributed by atoms with Gasteiger partial charge in [-0.1, -0.05) is 52.4 Å². The van der Waals surface area contributed by atoms with Crippen molar-refractivity contribution >= 4 is 23.9 Å². The lowest BCUT2D eigenvalue weighted by molar-refractivity contribution is -0.149. The summed E-state index contributed by atoms with van der Waals surface area (Å²) in [4.78, 5) is 46.6. The molecule has 0 aromatic rings. The standard InChI is InChI=1S/C23H38O8/c1-4-6-8-10-14-28-20(24)12-16-30-22(26)18-19(3)23(27)31-17-13-21(25)29-15-11-9-7-5-2/h18H,4-17H2,1-3H3/b19-18-. The van der Waals surface area contributed by atoms with Crippen molar-refractivity contribution in [2.45, 2.75) is 85.0 Å². The van der Waals surface area contributed by atoms with Gasteiger partial charge in [-0.25, -0.2) is 9.59 Å². The maximum Gasteiger partial charge on any atom is 0.333 e. The minimum atomic E-state index is -0.753. The zero-order valence-electron chi connectivity index (χ0n) is 19.2. The molecular formula is C23H38O8. The molecule has 0 aromatic carbocycles. The summed E-state index contributed by atoms with van der Waals surface area (Å²) in [5.41, 5.74) is 0.0384. The molecule has 0 saturated heterocycles. The average Bonchev–Trinajstić information content (AvgIpc) is 2.73. The van der Waals surface area contributed by atoms with Gasteiger partial charge in [0.15, 0.2) is 0 Å². The van der Waals surface area contributed by atoms with Crippen LogP contribution in [0.3, 0.4) is 0 Å². The Hall–Kier alpha value is -2.38. The van der Waals surface area contributed by atoms with E-state index in [1.807, 2.05) is 0 Å². The molecule has 0 atom stereocenters. The van der Waals surface area contributed by atoms with Crippen LogP contribution in [0.5, 0.6) is 0 Å². The highest BCUT2D eigenvalue weighted by atomic mass is 16.6. The van der Waals surface area contributed by atoms with Gasteiger partial charge in [-0.15, -0.1) is 0 Å². The average molecular weight is 443 g/mol. The fourth-order valence-corrected chi connectivity index (χ4v) is 2.43. The van der Waals surface area contributed by atoms with Gasteiger partial charge < -0.3 is 18.9 Å². The van der Waals surface area contributed by atoms with Gasteiger partial charge in [0.1, 0.15) is 13.2 Å². The normalized spacial score (nSPS) is 11.0. The van der Waals surface area contributed by atoms with E-state index >= 15 is 0 Å². The van der Waals surface area contributed by atoms with Crippen molar-refractivity contribution in [3.63, 3.8) is 0 Å². The first kappa shape index (κ1) is 28.6. The van der Waals surface area contributed by atoms with Crippen molar-refractivity contribution in [3.8, 4) is 0 Å². The van der Waals surface area contributed by atoms with Crippen molar-refractivity contribution in [2.24, 2.45) is 0 Å². The lowest BCUT2D eigenvalue weighted by atomic mass is 10.2. The van der Waals surface area contributed by atoms with Crippen molar-refractivity contribution in [1.29, 1.82) is 0 Å². The van der Waals surface area contributed by atoms with Gasteiger partial charge >= 0.3 is 23.9 Å². The van der Waals surface area contributed by atoms with Crippen LogP contribution in [-0.4, -0.2) is 50.3 Å². The molecule has 0 N–H and O–H groups in total. The molecule has 0 saturated carbocycles. The number of hydrogen-bond acceptors (Lipinski definition) is 8. The second kappa shape index (κ2) is 19.6. The molecule has 0 radical (unpaired) electrons. The van der Waals surface area contributed by atoms with Gasteiger partial charge in [0, 0.05) is 11.6 Å². The molecule has 0 aliphatic heterocycles. The summed E-state index contributed by atoms with van der Waals surface area (Å²) in [7, 11) is 0. The molecule has 31 heavy (non-hydrogen) atoms. The van der Waals surface area contributed by atoms with E-state index in [4.69, 9.17) is 18.9 Å². The van der Waals surface area contributed by atoms with Crippen LogP contribution in [0.1, 0.15) is 85.0 Å². The fraction of sp³-hybridized carbons (Fsp3) is 0.739. The number of hydrogen-bond donors (Lipinski definition) is 0. The van der Waals surface area contributed by atoms with E-state index in [2.05, 4.69) is 13.8 Å². The first-order valence-electron chi connectivity index (χ1n) is 11.2. The molecule has 8 heteroatoms. The molecule has 0 aliphatic carbocycles. The minimum absolute atomic E-state index is 0.0384. The lowest BCUT2D eigenvalue weighted by Gasteiger charge is -2.07. The molecule has 0 unspecified atom stereocenters. The van der Waals surface area contributed by atoms with E-state index in [0.717, 1.165) is 57.4 Å². The summed E-state index contributed by atoms with van der Waals surface area (Å²) < 4.78 is 19.9. The molecule has 0 heterocycles. The molecule has 0 fully saturated rings. The molecular weight excluding hydrogens is 404 g/mol. The summed E-state index contributed by atoms with van der Waals surface area (Å²) in [6.45, 7) is 6.08. The lowest BCUT2D eigenvalue weighted by Crippen LogP contribution is -2.15. The van der Waals surface area contributed by atoms with E-state index in [1.165, 1.54) is 6.92 Å². The van der Waals surface area contributed by atoms with Crippen LogP contribution in [0.2, 0.25) is 0 Å². The number of unbranched alkanes of at least 4 members (excludes halogenated alkanes) is 6. The number of rotatable bonds is 18. The third-order valence-corrected chi connectivity index (χ3v) is 4.27. The maximum atomic E-state index is 11.8. The number of carbonyl (C=O) groups is 4. The highest BCUT2D eigenvalue weighted by Gasteiger charge is 2.11. The van der Waals surface area contributed by atoms with Gasteiger partial charge in [-0.3, -0.25) is 9.59 Å². The van der Waals surface area contributed by atoms with Gasteiger partial charge in [0.25, 0.3) is 0 Å². The highest BCUT2D eigenvalue weighted by Crippen LogP contribution is 2.03. The summed E-state index contributed by atoms with van der Waals surface area (Å²) in [5, 5.41) is 0. The second-order valence-electron chi connectivity index (χ2n) is 7.19. The third-order valence-electron chi connectivity index (χ3n) is 4.27. The van der Waals surface area contributed by atoms with Crippen molar-refractivity contribution < 1.29 is 38.1 Å². The molecule has 178 valence electrons. The molecule has 0 aromatic heterocycles. The Balaban J connectivity index is 3.91. The smallest absolute Gasteiger partial charge is 0.333 e. The first-order chi connectivity index (χ1) is 14.9. The van der Waals surface area contributed by atoms with E-state index in [9.17, 15) is 19.2 Å². The fourth-order valence-electron chi connectivity index (χ4n) is 2.43. The Bertz CT molecular complexity index is 568. The molecule has 0 spiro atoms. The Morgan fingerprint density at radius 1 is 0.613 bits per heavy atom. The molecule has 0 rings (SSSR count). The zero-order valence-corrected chi connectivity index (χ0v) is 19.2. The van der Waals surface area contributed by atoms with Gasteiger partial charge in [-0.2, -0.15) is 0 Å². The van der Waals surface area contributed by atoms with Crippen LogP contribution >= 0.6 is 0 Å². The molecule has 8 nitrogen and oxygen atoms in total. The minimum Gasteiger partial charge on any atom is -0.466 e. The quantitative estimate of drug-likeness (QED) is 0.135. The van der Waals surface area contributed by atoms with Crippen LogP contribution in [0.25, 0.3) is 0 Å². The van der Waals surface area contributed by atoms with E-state index in [0.29, 0.717) is 13.2 Å². The van der Waals surface area contributed by atoms with Crippen LogP contribution in [-0.2, 0) is 38.1 Å². The van der Waals surface area contributed by atoms with Crippen LogP contribution in [0.15, 0.2) is 11.6 Å². The Labute approximate surface area is 185 Å². The number of carbonyl (C=O) groups excluding carboxylic acids is 4. The predicted molar refractivity (Wildman–Crippen MR) is 115 cm³/mol. The summed E-state index contributed by atoms with van der Waals surface area (Å²) >= 11 is 0. The van der Waals surface area contributed by atoms with Gasteiger partial charge in [0.2, 0.25) is 0 Å². The second-order valence-corrected chi connectivity index (χ2v) is 7.19. The summed E-state index contributed by atoms with van der Waals surface area (Å²) in [6.07, 6.45) is 8.99. The number of esters is 4. The van der Waals surface area contributed by atoms with Crippen molar-refractivity contribution in [2.75, 3.05) is 26.4 Å². The third kappa shape index (κ3) is 18.1. The SMILES string of the molecule is CCCCCCOC(=O)CCOC(=O)/C=C(/C)C(=O)OCCC(=O)OCCCCCC. The number of ether oxygens (including phenoxy) is 4. The van der Waals surface area contributed by atoms with Gasteiger partial charge in [-0.05, 0) is 19.8 Å². The van der Waals surface area contributed by atoms with E-state index < -0.39 is 23.9 Å². The molecule has 0 aliphatic rings. The largest absolute Gasteiger partial charge is 0.466 e.